The fourth-order valence-corrected chi connectivity index (χ4v) is 3.26. The number of hydrogen-bond donors (Lipinski definition) is 2. The van der Waals surface area contributed by atoms with Gasteiger partial charge in [0.2, 0.25) is 0 Å². The van der Waals surface area contributed by atoms with Gasteiger partial charge in [-0.2, -0.15) is 0 Å². The average Bonchev–Trinajstić information content (AvgIpc) is 2.88. The standard InChI is InChI=1S/C15H23N3O2/c1-14(2)4-6-15(20-3,7-5-14)13-17-11-9-16-8-10(11)12(19)18-13/h16H,4-9H2,1-3H3,(H,17,18,19). The molecule has 3 rings (SSSR count). The Hall–Kier alpha value is -1.20. The van der Waals surface area contributed by atoms with Crippen LogP contribution < -0.4 is 10.9 Å². The van der Waals surface area contributed by atoms with Gasteiger partial charge in [-0.3, -0.25) is 4.79 Å². The first-order valence-corrected chi connectivity index (χ1v) is 7.34. The lowest BCUT2D eigenvalue weighted by atomic mass is 9.70. The van der Waals surface area contributed by atoms with Gasteiger partial charge in [0, 0.05) is 20.2 Å². The van der Waals surface area contributed by atoms with Gasteiger partial charge in [0.25, 0.3) is 5.56 Å². The second-order valence-corrected chi connectivity index (χ2v) is 6.81. The van der Waals surface area contributed by atoms with Gasteiger partial charge in [-0.25, -0.2) is 4.98 Å². The van der Waals surface area contributed by atoms with E-state index in [1.807, 2.05) is 0 Å². The van der Waals surface area contributed by atoms with Crippen LogP contribution in [-0.4, -0.2) is 17.1 Å². The van der Waals surface area contributed by atoms with Crippen LogP contribution >= 0.6 is 0 Å². The molecule has 1 aromatic heterocycles. The van der Waals surface area contributed by atoms with E-state index in [1.165, 1.54) is 0 Å². The topological polar surface area (TPSA) is 67.0 Å². The maximum Gasteiger partial charge on any atom is 0.255 e. The molecule has 2 N–H and O–H groups in total. The molecule has 0 atom stereocenters. The summed E-state index contributed by atoms with van der Waals surface area (Å²) in [6.07, 6.45) is 3.98. The molecule has 20 heavy (non-hydrogen) atoms. The zero-order valence-electron chi connectivity index (χ0n) is 12.5. The zero-order valence-corrected chi connectivity index (χ0v) is 12.5. The van der Waals surface area contributed by atoms with Crippen molar-refractivity contribution in [3.63, 3.8) is 0 Å². The van der Waals surface area contributed by atoms with Crippen molar-refractivity contribution in [1.82, 2.24) is 15.3 Å². The molecule has 1 saturated carbocycles. The van der Waals surface area contributed by atoms with E-state index in [0.717, 1.165) is 36.9 Å². The number of ether oxygens (including phenoxy) is 1. The van der Waals surface area contributed by atoms with Crippen LogP contribution in [0, 0.1) is 5.41 Å². The first-order valence-electron chi connectivity index (χ1n) is 7.34. The number of aromatic amines is 1. The first-order chi connectivity index (χ1) is 9.46. The van der Waals surface area contributed by atoms with E-state index in [0.29, 0.717) is 24.3 Å². The molecule has 1 aliphatic heterocycles. The number of nitrogens with one attached hydrogen (secondary N) is 2. The second kappa shape index (κ2) is 4.67. The second-order valence-electron chi connectivity index (χ2n) is 6.81. The minimum atomic E-state index is -0.424. The monoisotopic (exact) mass is 277 g/mol. The SMILES string of the molecule is COC1(c2nc3c(c(=O)[nH]2)CNC3)CCC(C)(C)CC1. The largest absolute Gasteiger partial charge is 0.370 e. The molecule has 0 aromatic carbocycles. The van der Waals surface area contributed by atoms with Crippen molar-refractivity contribution in [2.24, 2.45) is 5.41 Å². The number of H-pyrrole nitrogens is 1. The third-order valence-electron chi connectivity index (χ3n) is 4.93. The molecule has 0 bridgehead atoms. The molecule has 0 unspecified atom stereocenters. The summed E-state index contributed by atoms with van der Waals surface area (Å²) in [5.41, 5.74) is 1.56. The molecule has 2 heterocycles. The van der Waals surface area contributed by atoms with Crippen LogP contribution in [-0.2, 0) is 23.4 Å². The summed E-state index contributed by atoms with van der Waals surface area (Å²) in [6, 6.07) is 0. The van der Waals surface area contributed by atoms with Crippen LogP contribution in [0.5, 0.6) is 0 Å². The molecule has 1 aliphatic carbocycles. The predicted octanol–water partition coefficient (Wildman–Crippen LogP) is 1.81. The Bertz CT molecular complexity index is 567. The molecule has 0 radical (unpaired) electrons. The Morgan fingerprint density at radius 3 is 2.50 bits per heavy atom. The van der Waals surface area contributed by atoms with E-state index >= 15 is 0 Å². The Morgan fingerprint density at radius 1 is 1.15 bits per heavy atom. The Labute approximate surface area is 119 Å². The van der Waals surface area contributed by atoms with Gasteiger partial charge in [-0.15, -0.1) is 0 Å². The van der Waals surface area contributed by atoms with Crippen molar-refractivity contribution < 1.29 is 4.74 Å². The highest BCUT2D eigenvalue weighted by Gasteiger charge is 2.42. The summed E-state index contributed by atoms with van der Waals surface area (Å²) in [6.45, 7) is 5.87. The van der Waals surface area contributed by atoms with E-state index in [2.05, 4.69) is 29.1 Å². The minimum absolute atomic E-state index is 0.0174. The van der Waals surface area contributed by atoms with Gasteiger partial charge in [-0.1, -0.05) is 13.8 Å². The predicted molar refractivity (Wildman–Crippen MR) is 76.3 cm³/mol. The van der Waals surface area contributed by atoms with Gasteiger partial charge >= 0.3 is 0 Å². The quantitative estimate of drug-likeness (QED) is 0.865. The smallest absolute Gasteiger partial charge is 0.255 e. The lowest BCUT2D eigenvalue weighted by Gasteiger charge is -2.41. The van der Waals surface area contributed by atoms with Crippen LogP contribution in [0.2, 0.25) is 0 Å². The summed E-state index contributed by atoms with van der Waals surface area (Å²) in [7, 11) is 1.73. The number of hydrogen-bond acceptors (Lipinski definition) is 4. The van der Waals surface area contributed by atoms with Gasteiger partial charge in [0.1, 0.15) is 11.4 Å². The zero-order chi connectivity index (χ0) is 14.4. The molecule has 0 spiro atoms. The maximum atomic E-state index is 12.2. The van der Waals surface area contributed by atoms with Gasteiger partial charge in [0.15, 0.2) is 0 Å². The van der Waals surface area contributed by atoms with Crippen LogP contribution in [0.25, 0.3) is 0 Å². The summed E-state index contributed by atoms with van der Waals surface area (Å²) < 4.78 is 5.82. The molecule has 0 amide bonds. The summed E-state index contributed by atoms with van der Waals surface area (Å²) in [5, 5.41) is 3.18. The van der Waals surface area contributed by atoms with E-state index in [9.17, 15) is 4.79 Å². The number of rotatable bonds is 2. The lowest BCUT2D eigenvalue weighted by molar-refractivity contribution is -0.0732. The molecule has 0 saturated heterocycles. The van der Waals surface area contributed by atoms with Gasteiger partial charge < -0.3 is 15.0 Å². The fourth-order valence-electron chi connectivity index (χ4n) is 3.26. The van der Waals surface area contributed by atoms with Crippen LogP contribution in [0.1, 0.15) is 56.6 Å². The van der Waals surface area contributed by atoms with Crippen LogP contribution in [0.15, 0.2) is 4.79 Å². The highest BCUT2D eigenvalue weighted by molar-refractivity contribution is 5.23. The van der Waals surface area contributed by atoms with Crippen molar-refractivity contribution in [3.8, 4) is 0 Å². The molecule has 5 heteroatoms. The normalized spacial score (nSPS) is 23.6. The van der Waals surface area contributed by atoms with E-state index in [-0.39, 0.29) is 5.56 Å². The van der Waals surface area contributed by atoms with Gasteiger partial charge in [0.05, 0.1) is 11.3 Å². The average molecular weight is 277 g/mol. The highest BCUT2D eigenvalue weighted by Crippen LogP contribution is 2.45. The number of nitrogens with zero attached hydrogens (tertiary/aromatic N) is 1. The Kier molecular flexibility index (Phi) is 3.21. The molecular formula is C15H23N3O2. The third kappa shape index (κ3) is 2.19. The third-order valence-corrected chi connectivity index (χ3v) is 4.93. The van der Waals surface area contributed by atoms with E-state index < -0.39 is 5.60 Å². The molecule has 2 aliphatic rings. The lowest BCUT2D eigenvalue weighted by Crippen LogP contribution is -2.39. The van der Waals surface area contributed by atoms with Crippen molar-refractivity contribution in [2.75, 3.05) is 7.11 Å². The summed E-state index contributed by atoms with van der Waals surface area (Å²) in [5.74, 6) is 0.711. The van der Waals surface area contributed by atoms with Crippen LogP contribution in [0.4, 0.5) is 0 Å². The number of fused-ring (bicyclic) bond motifs is 1. The van der Waals surface area contributed by atoms with Gasteiger partial charge in [-0.05, 0) is 31.1 Å². The Balaban J connectivity index is 1.99. The summed E-state index contributed by atoms with van der Waals surface area (Å²) >= 11 is 0. The molecule has 5 nitrogen and oxygen atoms in total. The number of aromatic nitrogens is 2. The Morgan fingerprint density at radius 2 is 1.85 bits per heavy atom. The minimum Gasteiger partial charge on any atom is -0.370 e. The van der Waals surface area contributed by atoms with Crippen molar-refractivity contribution in [3.05, 3.63) is 27.4 Å². The molecule has 1 aromatic rings. The maximum absolute atomic E-state index is 12.2. The molecule has 110 valence electrons. The van der Waals surface area contributed by atoms with Crippen molar-refractivity contribution >= 4 is 0 Å². The van der Waals surface area contributed by atoms with Crippen molar-refractivity contribution in [2.45, 2.75) is 58.2 Å². The molecule has 1 fully saturated rings. The fraction of sp³-hybridized carbons (Fsp3) is 0.733. The summed E-state index contributed by atoms with van der Waals surface area (Å²) in [4.78, 5) is 19.8. The first kappa shape index (κ1) is 13.8. The molecular weight excluding hydrogens is 254 g/mol. The van der Waals surface area contributed by atoms with Crippen LogP contribution in [0.3, 0.4) is 0 Å². The van der Waals surface area contributed by atoms with Crippen molar-refractivity contribution in [1.29, 1.82) is 0 Å². The van der Waals surface area contributed by atoms with E-state index in [4.69, 9.17) is 4.74 Å². The number of methoxy groups -OCH3 is 1. The highest BCUT2D eigenvalue weighted by atomic mass is 16.5. The van der Waals surface area contributed by atoms with E-state index in [1.54, 1.807) is 7.11 Å².